The molecule has 0 spiro atoms. The highest BCUT2D eigenvalue weighted by Gasteiger charge is 2.23. The fourth-order valence-corrected chi connectivity index (χ4v) is 3.47. The number of carbonyl (C=O) groups is 1. The second kappa shape index (κ2) is 8.46. The summed E-state index contributed by atoms with van der Waals surface area (Å²) in [4.78, 5) is 17.2. The Kier molecular flexibility index (Phi) is 5.20. The quantitative estimate of drug-likeness (QED) is 0.520. The highest BCUT2D eigenvalue weighted by Crippen LogP contribution is 2.33. The van der Waals surface area contributed by atoms with Gasteiger partial charge in [0.2, 0.25) is 0 Å². The average Bonchev–Trinajstić information content (AvgIpc) is 3.25. The molecule has 0 saturated carbocycles. The SMILES string of the molecule is O=C(Nc1ccc2c(c1)OCCO2)c1nnn(Cc2ccccc2F)c1-c1ccncc1. The molecular formula is C23H18FN5O3. The molecule has 1 amide bonds. The third-order valence-electron chi connectivity index (χ3n) is 4.98. The first-order valence-corrected chi connectivity index (χ1v) is 9.97. The number of rotatable bonds is 5. The number of benzene rings is 2. The minimum atomic E-state index is -0.451. The lowest BCUT2D eigenvalue weighted by Gasteiger charge is -2.19. The van der Waals surface area contributed by atoms with E-state index in [4.69, 9.17) is 9.47 Å². The summed E-state index contributed by atoms with van der Waals surface area (Å²) in [5.74, 6) is 0.383. The third kappa shape index (κ3) is 3.87. The van der Waals surface area contributed by atoms with E-state index in [1.54, 1.807) is 60.9 Å². The molecule has 32 heavy (non-hydrogen) atoms. The van der Waals surface area contributed by atoms with E-state index in [0.29, 0.717) is 47.2 Å². The summed E-state index contributed by atoms with van der Waals surface area (Å²) in [5, 5.41) is 11.1. The van der Waals surface area contributed by atoms with Gasteiger partial charge < -0.3 is 14.8 Å². The largest absolute Gasteiger partial charge is 0.486 e. The molecule has 0 bridgehead atoms. The van der Waals surface area contributed by atoms with Gasteiger partial charge in [0.25, 0.3) is 5.91 Å². The monoisotopic (exact) mass is 431 g/mol. The molecule has 4 aromatic rings. The van der Waals surface area contributed by atoms with Gasteiger partial charge >= 0.3 is 0 Å². The lowest BCUT2D eigenvalue weighted by molar-refractivity contribution is 0.102. The minimum absolute atomic E-state index is 0.113. The van der Waals surface area contributed by atoms with Crippen LogP contribution in [0.1, 0.15) is 16.1 Å². The molecule has 9 heteroatoms. The zero-order valence-corrected chi connectivity index (χ0v) is 16.9. The normalized spacial score (nSPS) is 12.4. The molecule has 0 aliphatic carbocycles. The zero-order chi connectivity index (χ0) is 21.9. The number of pyridine rings is 1. The Bertz CT molecular complexity index is 1280. The second-order valence-electron chi connectivity index (χ2n) is 7.08. The fourth-order valence-electron chi connectivity index (χ4n) is 3.47. The molecule has 0 fully saturated rings. The van der Waals surface area contributed by atoms with E-state index in [1.165, 1.54) is 10.7 Å². The molecule has 1 aliphatic rings. The fraction of sp³-hybridized carbons (Fsp3) is 0.130. The minimum Gasteiger partial charge on any atom is -0.486 e. The van der Waals surface area contributed by atoms with Gasteiger partial charge in [-0.2, -0.15) is 0 Å². The molecule has 1 N–H and O–H groups in total. The standard InChI is InChI=1S/C23H18FN5O3/c24-18-4-2-1-3-16(18)14-29-22(15-7-9-25-10-8-15)21(27-28-29)23(30)26-17-5-6-19-20(13-17)32-12-11-31-19/h1-10,13H,11-12,14H2,(H,26,30). The van der Waals surface area contributed by atoms with Crippen molar-refractivity contribution in [3.05, 3.63) is 84.1 Å². The maximum Gasteiger partial charge on any atom is 0.278 e. The molecule has 3 heterocycles. The van der Waals surface area contributed by atoms with E-state index in [9.17, 15) is 9.18 Å². The van der Waals surface area contributed by atoms with Crippen molar-refractivity contribution in [2.75, 3.05) is 18.5 Å². The number of hydrogen-bond donors (Lipinski definition) is 1. The summed E-state index contributed by atoms with van der Waals surface area (Å²) in [5.41, 5.74) is 2.23. The lowest BCUT2D eigenvalue weighted by Crippen LogP contribution is -2.17. The molecule has 160 valence electrons. The van der Waals surface area contributed by atoms with Gasteiger partial charge in [-0.15, -0.1) is 5.10 Å². The van der Waals surface area contributed by atoms with Gasteiger partial charge in [-0.05, 0) is 30.3 Å². The molecule has 0 atom stereocenters. The van der Waals surface area contributed by atoms with Gasteiger partial charge in [0.15, 0.2) is 17.2 Å². The van der Waals surface area contributed by atoms with E-state index < -0.39 is 5.91 Å². The predicted octanol–water partition coefficient (Wildman–Crippen LogP) is 3.55. The van der Waals surface area contributed by atoms with Crippen LogP contribution in [-0.4, -0.2) is 39.1 Å². The molecule has 2 aromatic heterocycles. The third-order valence-corrected chi connectivity index (χ3v) is 4.98. The van der Waals surface area contributed by atoms with Gasteiger partial charge in [0.1, 0.15) is 24.7 Å². The first-order chi connectivity index (χ1) is 15.7. The molecule has 5 rings (SSSR count). The van der Waals surface area contributed by atoms with Crippen LogP contribution < -0.4 is 14.8 Å². The summed E-state index contributed by atoms with van der Waals surface area (Å²) in [7, 11) is 0. The summed E-state index contributed by atoms with van der Waals surface area (Å²) < 4.78 is 26.8. The number of carbonyl (C=O) groups excluding carboxylic acids is 1. The summed E-state index contributed by atoms with van der Waals surface area (Å²) >= 11 is 0. The van der Waals surface area contributed by atoms with E-state index in [-0.39, 0.29) is 18.1 Å². The molecule has 0 saturated heterocycles. The van der Waals surface area contributed by atoms with Crippen LogP contribution in [0.5, 0.6) is 11.5 Å². The Hall–Kier alpha value is -4.27. The number of nitrogens with one attached hydrogen (secondary N) is 1. The molecule has 8 nitrogen and oxygen atoms in total. The Morgan fingerprint density at radius 1 is 1.03 bits per heavy atom. The van der Waals surface area contributed by atoms with Crippen LogP contribution in [0, 0.1) is 5.82 Å². The van der Waals surface area contributed by atoms with Crippen LogP contribution in [0.25, 0.3) is 11.3 Å². The van der Waals surface area contributed by atoms with Gasteiger partial charge in [-0.25, -0.2) is 9.07 Å². The summed E-state index contributed by atoms with van der Waals surface area (Å²) in [6.07, 6.45) is 3.22. The smallest absolute Gasteiger partial charge is 0.278 e. The zero-order valence-electron chi connectivity index (χ0n) is 16.9. The molecule has 0 radical (unpaired) electrons. The van der Waals surface area contributed by atoms with Gasteiger partial charge in [0, 0.05) is 35.3 Å². The Labute approximate surface area is 182 Å². The van der Waals surface area contributed by atoms with Crippen molar-refractivity contribution in [3.8, 4) is 22.8 Å². The molecule has 1 aliphatic heterocycles. The number of aromatic nitrogens is 4. The van der Waals surface area contributed by atoms with E-state index in [0.717, 1.165) is 0 Å². The summed E-state index contributed by atoms with van der Waals surface area (Å²) in [6, 6.07) is 15.1. The highest BCUT2D eigenvalue weighted by molar-refractivity contribution is 6.06. The number of fused-ring (bicyclic) bond motifs is 1. The maximum absolute atomic E-state index is 14.2. The molecule has 0 unspecified atom stereocenters. The van der Waals surface area contributed by atoms with Crippen molar-refractivity contribution in [1.82, 2.24) is 20.0 Å². The first kappa shape index (κ1) is 19.7. The van der Waals surface area contributed by atoms with Crippen molar-refractivity contribution in [2.45, 2.75) is 6.54 Å². The van der Waals surface area contributed by atoms with Gasteiger partial charge in [0.05, 0.1) is 6.54 Å². The topological polar surface area (TPSA) is 91.2 Å². The van der Waals surface area contributed by atoms with Crippen molar-refractivity contribution in [3.63, 3.8) is 0 Å². The van der Waals surface area contributed by atoms with Crippen LogP contribution in [0.4, 0.5) is 10.1 Å². The van der Waals surface area contributed by atoms with E-state index in [1.807, 2.05) is 0 Å². The number of nitrogens with zero attached hydrogens (tertiary/aromatic N) is 4. The average molecular weight is 431 g/mol. The van der Waals surface area contributed by atoms with Crippen LogP contribution >= 0.6 is 0 Å². The van der Waals surface area contributed by atoms with Gasteiger partial charge in [-0.1, -0.05) is 23.4 Å². The number of hydrogen-bond acceptors (Lipinski definition) is 6. The van der Waals surface area contributed by atoms with Crippen molar-refractivity contribution < 1.29 is 18.7 Å². The molecular weight excluding hydrogens is 413 g/mol. The van der Waals surface area contributed by atoms with Crippen molar-refractivity contribution in [2.24, 2.45) is 0 Å². The highest BCUT2D eigenvalue weighted by atomic mass is 19.1. The van der Waals surface area contributed by atoms with Crippen LogP contribution in [0.2, 0.25) is 0 Å². The van der Waals surface area contributed by atoms with Gasteiger partial charge in [-0.3, -0.25) is 9.78 Å². The number of ether oxygens (including phenoxy) is 2. The lowest BCUT2D eigenvalue weighted by atomic mass is 10.1. The van der Waals surface area contributed by atoms with E-state index in [2.05, 4.69) is 20.6 Å². The molecule has 2 aromatic carbocycles. The number of halogens is 1. The maximum atomic E-state index is 14.2. The second-order valence-corrected chi connectivity index (χ2v) is 7.08. The number of amides is 1. The van der Waals surface area contributed by atoms with Crippen LogP contribution in [0.15, 0.2) is 67.0 Å². The Morgan fingerprint density at radius 2 is 1.81 bits per heavy atom. The van der Waals surface area contributed by atoms with Crippen molar-refractivity contribution in [1.29, 1.82) is 0 Å². The van der Waals surface area contributed by atoms with Crippen LogP contribution in [0.3, 0.4) is 0 Å². The van der Waals surface area contributed by atoms with Crippen LogP contribution in [-0.2, 0) is 6.54 Å². The Balaban J connectivity index is 1.49. The number of anilines is 1. The Morgan fingerprint density at radius 3 is 2.62 bits per heavy atom. The van der Waals surface area contributed by atoms with E-state index >= 15 is 0 Å². The predicted molar refractivity (Wildman–Crippen MR) is 114 cm³/mol. The van der Waals surface area contributed by atoms with Crippen molar-refractivity contribution >= 4 is 11.6 Å². The first-order valence-electron chi connectivity index (χ1n) is 9.97. The summed E-state index contributed by atoms with van der Waals surface area (Å²) in [6.45, 7) is 1.05.